The van der Waals surface area contributed by atoms with Crippen LogP contribution in [0, 0.1) is 0 Å². The molecular weight excluding hydrogens is 287 g/mol. The molecule has 1 rings (SSSR count). The van der Waals surface area contributed by atoms with Crippen LogP contribution in [-0.2, 0) is 23.1 Å². The van der Waals surface area contributed by atoms with Gasteiger partial charge in [-0.15, -0.1) is 0 Å². The fourth-order valence-electron chi connectivity index (χ4n) is 0.998. The van der Waals surface area contributed by atoms with Gasteiger partial charge in [0, 0.05) is 0 Å². The molecule has 0 aromatic carbocycles. The molecule has 0 aliphatic carbocycles. The smallest absolute Gasteiger partial charge is 0.430 e. The van der Waals surface area contributed by atoms with Crippen LogP contribution in [0.3, 0.4) is 0 Å². The zero-order valence-corrected chi connectivity index (χ0v) is 9.66. The summed E-state index contributed by atoms with van der Waals surface area (Å²) in [5, 5.41) is 0. The molecule has 1 fully saturated rings. The Kier molecular flexibility index (Phi) is 5.36. The lowest BCUT2D eigenvalue weighted by atomic mass is 10.8. The summed E-state index contributed by atoms with van der Waals surface area (Å²) in [6, 6.07) is 0. The zero-order chi connectivity index (χ0) is 13.8. The number of rotatable bonds is 7. The van der Waals surface area contributed by atoms with E-state index < -0.39 is 52.3 Å². The lowest BCUT2D eigenvalue weighted by Gasteiger charge is -2.20. The highest BCUT2D eigenvalue weighted by atomic mass is 31.2. The maximum Gasteiger partial charge on any atom is 0.509 e. The third-order valence-corrected chi connectivity index (χ3v) is 3.67. The molecular formula is C7H9F4O6P. The number of hydrogen-bond donors (Lipinski definition) is 0. The van der Waals surface area contributed by atoms with E-state index in [9.17, 15) is 26.9 Å². The minimum Gasteiger partial charge on any atom is -0.430 e. The van der Waals surface area contributed by atoms with Gasteiger partial charge in [0.1, 0.15) is 19.8 Å². The first-order valence-corrected chi connectivity index (χ1v) is 6.23. The Morgan fingerprint density at radius 3 is 2.06 bits per heavy atom. The highest BCUT2D eigenvalue weighted by Gasteiger charge is 2.45. The average Bonchev–Trinajstić information content (AvgIpc) is 2.71. The van der Waals surface area contributed by atoms with Crippen LogP contribution >= 0.6 is 7.60 Å². The molecule has 106 valence electrons. The summed E-state index contributed by atoms with van der Waals surface area (Å²) >= 11 is 0. The molecule has 1 aliphatic rings. The second-order valence-corrected chi connectivity index (χ2v) is 5.22. The van der Waals surface area contributed by atoms with Crippen LogP contribution in [0.2, 0.25) is 0 Å². The second-order valence-electron chi connectivity index (χ2n) is 3.05. The summed E-state index contributed by atoms with van der Waals surface area (Å²) < 4.78 is 76.8. The Hall–Kier alpha value is -0.860. The van der Waals surface area contributed by atoms with Crippen LogP contribution in [0.1, 0.15) is 0 Å². The van der Waals surface area contributed by atoms with Crippen molar-refractivity contribution in [1.29, 1.82) is 0 Å². The average molecular weight is 296 g/mol. The highest BCUT2D eigenvalue weighted by molar-refractivity contribution is 7.54. The first-order chi connectivity index (χ1) is 8.33. The van der Waals surface area contributed by atoms with Gasteiger partial charge in [0.2, 0.25) is 5.85 Å². The predicted octanol–water partition coefficient (Wildman–Crippen LogP) is 2.24. The van der Waals surface area contributed by atoms with E-state index in [1.54, 1.807) is 0 Å². The number of hydrogen-bond acceptors (Lipinski definition) is 6. The van der Waals surface area contributed by atoms with Crippen molar-refractivity contribution < 1.29 is 45.4 Å². The highest BCUT2D eigenvalue weighted by Crippen LogP contribution is 2.55. The summed E-state index contributed by atoms with van der Waals surface area (Å²) in [4.78, 5) is 10.6. The van der Waals surface area contributed by atoms with Crippen molar-refractivity contribution in [3.8, 4) is 0 Å². The SMILES string of the molecule is O=C1OCC(P(=O)(OCC(F)F)OCC(F)F)O1. The Morgan fingerprint density at radius 1 is 1.22 bits per heavy atom. The largest absolute Gasteiger partial charge is 0.509 e. The topological polar surface area (TPSA) is 71.1 Å². The Labute approximate surface area is 98.7 Å². The standard InChI is InChI=1S/C7H9F4O6P/c8-4(9)1-15-18(13,16-2-5(10)11)6-3-14-7(12)17-6/h4-6H,1-3H2. The van der Waals surface area contributed by atoms with E-state index in [1.165, 1.54) is 0 Å². The summed E-state index contributed by atoms with van der Waals surface area (Å²) in [7, 11) is -4.44. The van der Waals surface area contributed by atoms with Crippen molar-refractivity contribution in [3.63, 3.8) is 0 Å². The van der Waals surface area contributed by atoms with Crippen LogP contribution in [0.25, 0.3) is 0 Å². The van der Waals surface area contributed by atoms with Gasteiger partial charge in [-0.1, -0.05) is 0 Å². The molecule has 0 amide bonds. The van der Waals surface area contributed by atoms with Gasteiger partial charge in [0.05, 0.1) is 0 Å². The Bertz CT molecular complexity index is 322. The summed E-state index contributed by atoms with van der Waals surface area (Å²) in [5.41, 5.74) is 0. The third kappa shape index (κ3) is 4.43. The van der Waals surface area contributed by atoms with Crippen LogP contribution < -0.4 is 0 Å². The van der Waals surface area contributed by atoms with Gasteiger partial charge in [-0.2, -0.15) is 0 Å². The monoisotopic (exact) mass is 296 g/mol. The van der Waals surface area contributed by atoms with Crippen molar-refractivity contribution >= 4 is 13.8 Å². The van der Waals surface area contributed by atoms with Gasteiger partial charge in [-0.25, -0.2) is 22.4 Å². The lowest BCUT2D eigenvalue weighted by Crippen LogP contribution is -2.19. The number of carbonyl (C=O) groups is 1. The molecule has 0 radical (unpaired) electrons. The number of alkyl halides is 4. The number of cyclic esters (lactones) is 2. The van der Waals surface area contributed by atoms with E-state index in [0.29, 0.717) is 0 Å². The fourth-order valence-corrected chi connectivity index (χ4v) is 2.52. The van der Waals surface area contributed by atoms with Gasteiger partial charge in [0.15, 0.2) is 0 Å². The van der Waals surface area contributed by atoms with Crippen LogP contribution in [0.4, 0.5) is 22.4 Å². The fraction of sp³-hybridized carbons (Fsp3) is 0.857. The van der Waals surface area contributed by atoms with E-state index >= 15 is 0 Å². The zero-order valence-electron chi connectivity index (χ0n) is 8.76. The molecule has 0 aromatic rings. The predicted molar refractivity (Wildman–Crippen MR) is 47.7 cm³/mol. The maximum absolute atomic E-state index is 11.9. The molecule has 1 aliphatic heterocycles. The van der Waals surface area contributed by atoms with E-state index in [0.717, 1.165) is 0 Å². The van der Waals surface area contributed by atoms with E-state index in [4.69, 9.17) is 0 Å². The van der Waals surface area contributed by atoms with Crippen molar-refractivity contribution in [2.24, 2.45) is 0 Å². The molecule has 1 saturated heterocycles. The van der Waals surface area contributed by atoms with Gasteiger partial charge >= 0.3 is 13.8 Å². The Balaban J connectivity index is 2.66. The summed E-state index contributed by atoms with van der Waals surface area (Å²) in [5.74, 6) is -1.62. The van der Waals surface area contributed by atoms with Crippen molar-refractivity contribution in [2.45, 2.75) is 18.7 Å². The molecule has 0 N–H and O–H groups in total. The van der Waals surface area contributed by atoms with Gasteiger partial charge in [0.25, 0.3) is 12.9 Å². The van der Waals surface area contributed by atoms with Crippen LogP contribution in [0.15, 0.2) is 0 Å². The number of halogens is 4. The maximum atomic E-state index is 11.9. The molecule has 0 bridgehead atoms. The minimum absolute atomic E-state index is 0.581. The molecule has 1 heterocycles. The van der Waals surface area contributed by atoms with E-state index in [-0.39, 0.29) is 0 Å². The Morgan fingerprint density at radius 2 is 1.72 bits per heavy atom. The molecule has 0 saturated carbocycles. The second kappa shape index (κ2) is 6.35. The normalized spacial score (nSPS) is 20.3. The minimum atomic E-state index is -4.44. The summed E-state index contributed by atoms with van der Waals surface area (Å²) in [6.07, 6.45) is -7.17. The molecule has 18 heavy (non-hydrogen) atoms. The molecule has 11 heteroatoms. The van der Waals surface area contributed by atoms with Crippen molar-refractivity contribution in [2.75, 3.05) is 19.8 Å². The molecule has 1 atom stereocenters. The third-order valence-electron chi connectivity index (χ3n) is 1.69. The molecule has 0 spiro atoms. The van der Waals surface area contributed by atoms with E-state index in [2.05, 4.69) is 18.5 Å². The number of carbonyl (C=O) groups excluding carboxylic acids is 1. The van der Waals surface area contributed by atoms with Gasteiger partial charge in [-0.3, -0.25) is 13.6 Å². The quantitative estimate of drug-likeness (QED) is 0.407. The first-order valence-electron chi connectivity index (χ1n) is 4.62. The number of ether oxygens (including phenoxy) is 2. The van der Waals surface area contributed by atoms with Crippen molar-refractivity contribution in [3.05, 3.63) is 0 Å². The van der Waals surface area contributed by atoms with Gasteiger partial charge < -0.3 is 9.47 Å². The first kappa shape index (κ1) is 15.2. The van der Waals surface area contributed by atoms with E-state index in [1.807, 2.05) is 0 Å². The lowest BCUT2D eigenvalue weighted by molar-refractivity contribution is 0.0363. The van der Waals surface area contributed by atoms with Crippen LogP contribution in [0.5, 0.6) is 0 Å². The molecule has 1 unspecified atom stereocenters. The molecule has 6 nitrogen and oxygen atoms in total. The van der Waals surface area contributed by atoms with Crippen LogP contribution in [-0.4, -0.2) is 44.7 Å². The van der Waals surface area contributed by atoms with Gasteiger partial charge in [-0.05, 0) is 0 Å². The summed E-state index contributed by atoms with van der Waals surface area (Å²) in [6.45, 7) is -3.17. The molecule has 0 aromatic heterocycles. The van der Waals surface area contributed by atoms with Crippen molar-refractivity contribution in [1.82, 2.24) is 0 Å².